The van der Waals surface area contributed by atoms with Crippen LogP contribution in [0.1, 0.15) is 43.0 Å². The lowest BCUT2D eigenvalue weighted by atomic mass is 10.0. The van der Waals surface area contributed by atoms with Gasteiger partial charge < -0.3 is 0 Å². The van der Waals surface area contributed by atoms with Crippen LogP contribution in [0.4, 0.5) is 26.3 Å². The number of hydrogen-bond acceptors (Lipinski definition) is 2. The van der Waals surface area contributed by atoms with Crippen LogP contribution < -0.4 is 0 Å². The van der Waals surface area contributed by atoms with Gasteiger partial charge in [0.05, 0.1) is 11.1 Å². The molecule has 0 amide bonds. The molecule has 0 aliphatic heterocycles. The first-order chi connectivity index (χ1) is 15.9. The monoisotopic (exact) mass is 474 g/mol. The van der Waals surface area contributed by atoms with Gasteiger partial charge in [-0.15, -0.1) is 0 Å². The largest absolute Gasteiger partial charge is 0.416 e. The number of halogens is 6. The van der Waals surface area contributed by atoms with E-state index in [1.165, 1.54) is 24.3 Å². The van der Waals surface area contributed by atoms with Crippen molar-refractivity contribution in [2.75, 3.05) is 0 Å². The van der Waals surface area contributed by atoms with E-state index in [0.717, 1.165) is 48.6 Å². The van der Waals surface area contributed by atoms with Crippen molar-refractivity contribution in [3.8, 4) is 0 Å². The van der Waals surface area contributed by atoms with Gasteiger partial charge in [-0.3, -0.25) is 9.59 Å². The van der Waals surface area contributed by atoms with Crippen molar-refractivity contribution >= 4 is 23.7 Å². The summed E-state index contributed by atoms with van der Waals surface area (Å²) in [5.41, 5.74) is -1.01. The summed E-state index contributed by atoms with van der Waals surface area (Å²) in [6, 6.07) is 14.7. The van der Waals surface area contributed by atoms with Crippen molar-refractivity contribution in [2.24, 2.45) is 0 Å². The molecule has 0 fully saturated rings. The van der Waals surface area contributed by atoms with Crippen LogP contribution in [0.3, 0.4) is 0 Å². The zero-order valence-electron chi connectivity index (χ0n) is 17.3. The van der Waals surface area contributed by atoms with Gasteiger partial charge in [-0.05, 0) is 53.6 Å². The van der Waals surface area contributed by atoms with Gasteiger partial charge in [0.25, 0.3) is 0 Å². The van der Waals surface area contributed by atoms with Crippen molar-refractivity contribution < 1.29 is 35.9 Å². The smallest absolute Gasteiger partial charge is 0.289 e. The number of benzene rings is 3. The maximum Gasteiger partial charge on any atom is 0.416 e. The molecule has 0 aliphatic rings. The minimum atomic E-state index is -4.56. The van der Waals surface area contributed by atoms with Gasteiger partial charge in [0, 0.05) is 11.1 Å². The molecule has 0 aliphatic carbocycles. The van der Waals surface area contributed by atoms with Crippen molar-refractivity contribution in [2.45, 2.75) is 12.4 Å². The molecule has 174 valence electrons. The Labute approximate surface area is 190 Å². The lowest BCUT2D eigenvalue weighted by Gasteiger charge is -2.07. The van der Waals surface area contributed by atoms with Crippen molar-refractivity contribution in [3.63, 3.8) is 0 Å². The van der Waals surface area contributed by atoms with Crippen LogP contribution in [0.5, 0.6) is 0 Å². The Morgan fingerprint density at radius 3 is 1.32 bits per heavy atom. The van der Waals surface area contributed by atoms with Crippen LogP contribution in [-0.4, -0.2) is 11.6 Å². The van der Waals surface area contributed by atoms with Gasteiger partial charge in [0.1, 0.15) is 0 Å². The number of ketones is 2. The van der Waals surface area contributed by atoms with E-state index in [1.807, 2.05) is 0 Å². The van der Waals surface area contributed by atoms with E-state index in [4.69, 9.17) is 0 Å². The molecule has 3 aromatic rings. The number of alkyl halides is 6. The molecular weight excluding hydrogens is 458 g/mol. The molecule has 34 heavy (non-hydrogen) atoms. The van der Waals surface area contributed by atoms with Gasteiger partial charge in [0.2, 0.25) is 0 Å². The molecule has 0 heterocycles. The zero-order chi connectivity index (χ0) is 24.9. The second-order valence-corrected chi connectivity index (χ2v) is 7.22. The Bertz CT molecular complexity index is 1170. The molecule has 0 aromatic heterocycles. The van der Waals surface area contributed by atoms with Crippen molar-refractivity contribution in [1.29, 1.82) is 0 Å². The van der Waals surface area contributed by atoms with Crippen LogP contribution in [0.2, 0.25) is 0 Å². The van der Waals surface area contributed by atoms with E-state index in [0.29, 0.717) is 11.1 Å². The molecule has 0 atom stereocenters. The Kier molecular flexibility index (Phi) is 7.20. The molecule has 0 saturated carbocycles. The number of hydrogen-bond donors (Lipinski definition) is 0. The van der Waals surface area contributed by atoms with Gasteiger partial charge in [-0.2, -0.15) is 26.3 Å². The molecule has 0 spiro atoms. The first-order valence-corrected chi connectivity index (χ1v) is 9.83. The van der Waals surface area contributed by atoms with E-state index < -0.39 is 35.0 Å². The highest BCUT2D eigenvalue weighted by molar-refractivity contribution is 6.07. The Hall–Kier alpha value is -3.94. The summed E-state index contributed by atoms with van der Waals surface area (Å²) in [6.07, 6.45) is -4.04. The number of carbonyl (C=O) groups is 2. The molecule has 3 rings (SSSR count). The van der Waals surface area contributed by atoms with E-state index >= 15 is 0 Å². The highest BCUT2D eigenvalue weighted by Crippen LogP contribution is 2.30. The fourth-order valence-corrected chi connectivity index (χ4v) is 3.00. The van der Waals surface area contributed by atoms with Crippen molar-refractivity contribution in [1.82, 2.24) is 0 Å². The number of rotatable bonds is 6. The quantitative estimate of drug-likeness (QED) is 0.210. The topological polar surface area (TPSA) is 34.1 Å². The van der Waals surface area contributed by atoms with Gasteiger partial charge in [-0.1, -0.05) is 54.6 Å². The van der Waals surface area contributed by atoms with Crippen LogP contribution >= 0.6 is 0 Å². The first-order valence-electron chi connectivity index (χ1n) is 9.83. The maximum atomic E-state index is 12.8. The van der Waals surface area contributed by atoms with Gasteiger partial charge in [0.15, 0.2) is 11.6 Å². The molecular formula is C26H16F6O2. The molecule has 0 radical (unpaired) electrons. The van der Waals surface area contributed by atoms with Crippen molar-refractivity contribution in [3.05, 3.63) is 118 Å². The predicted octanol–water partition coefficient (Wildman–Crippen LogP) is 7.52. The summed E-state index contributed by atoms with van der Waals surface area (Å²) in [4.78, 5) is 24.5. The molecule has 3 aromatic carbocycles. The second-order valence-electron chi connectivity index (χ2n) is 7.22. The Morgan fingerprint density at radius 1 is 0.559 bits per heavy atom. The summed E-state index contributed by atoms with van der Waals surface area (Å²) in [6.45, 7) is 0. The Morgan fingerprint density at radius 2 is 0.941 bits per heavy atom. The summed E-state index contributed by atoms with van der Waals surface area (Å²) in [7, 11) is 0. The summed E-state index contributed by atoms with van der Waals surface area (Å²) < 4.78 is 77.0. The van der Waals surface area contributed by atoms with Crippen LogP contribution in [0.15, 0.2) is 84.9 Å². The van der Waals surface area contributed by atoms with E-state index in [1.54, 1.807) is 24.3 Å². The molecule has 8 heteroatoms. The summed E-state index contributed by atoms with van der Waals surface area (Å²) >= 11 is 0. The van der Waals surface area contributed by atoms with E-state index in [-0.39, 0.29) is 11.1 Å². The summed E-state index contributed by atoms with van der Waals surface area (Å²) in [5, 5.41) is 0. The fourth-order valence-electron chi connectivity index (χ4n) is 3.00. The normalized spacial score (nSPS) is 12.4. The third-order valence-electron chi connectivity index (χ3n) is 4.71. The fraction of sp³-hybridized carbons (Fsp3) is 0.0769. The average Bonchev–Trinajstić information content (AvgIpc) is 2.80. The minimum absolute atomic E-state index is 0.117. The predicted molar refractivity (Wildman–Crippen MR) is 116 cm³/mol. The highest BCUT2D eigenvalue weighted by atomic mass is 19.4. The van der Waals surface area contributed by atoms with E-state index in [2.05, 4.69) is 0 Å². The summed E-state index contributed by atoms with van der Waals surface area (Å²) in [5.74, 6) is -1.24. The van der Waals surface area contributed by atoms with Crippen LogP contribution in [0.25, 0.3) is 12.2 Å². The molecule has 2 nitrogen and oxygen atoms in total. The molecule has 0 unspecified atom stereocenters. The Balaban J connectivity index is 1.73. The number of carbonyl (C=O) groups excluding carboxylic acids is 2. The lowest BCUT2D eigenvalue weighted by molar-refractivity contribution is -0.138. The molecule has 0 bridgehead atoms. The van der Waals surface area contributed by atoms with Gasteiger partial charge in [-0.25, -0.2) is 0 Å². The first kappa shape index (κ1) is 24.7. The third-order valence-corrected chi connectivity index (χ3v) is 4.71. The SMILES string of the molecule is O=C(C=Cc1cccc(C=CC(=O)c2cccc(C(F)(F)F)c2)c1)c1cccc(C(F)(F)F)c1. The third kappa shape index (κ3) is 6.54. The molecule has 0 N–H and O–H groups in total. The van der Waals surface area contributed by atoms with E-state index in [9.17, 15) is 35.9 Å². The highest BCUT2D eigenvalue weighted by Gasteiger charge is 2.31. The lowest BCUT2D eigenvalue weighted by Crippen LogP contribution is -2.06. The van der Waals surface area contributed by atoms with Crippen LogP contribution in [0, 0.1) is 0 Å². The van der Waals surface area contributed by atoms with Gasteiger partial charge >= 0.3 is 12.4 Å². The average molecular weight is 474 g/mol. The minimum Gasteiger partial charge on any atom is -0.289 e. The zero-order valence-corrected chi connectivity index (χ0v) is 17.3. The molecule has 0 saturated heterocycles. The maximum absolute atomic E-state index is 12.8. The number of allylic oxidation sites excluding steroid dienone is 2. The standard InChI is InChI=1S/C26H16F6O2/c27-25(28,29)21-8-2-6-19(15-21)23(33)12-10-17-4-1-5-18(14-17)11-13-24(34)20-7-3-9-22(16-20)26(30,31)32/h1-16H. The second kappa shape index (κ2) is 9.91. The van der Waals surface area contributed by atoms with Crippen LogP contribution in [-0.2, 0) is 12.4 Å².